The van der Waals surface area contributed by atoms with Crippen LogP contribution in [0.5, 0.6) is 0 Å². The minimum absolute atomic E-state index is 0.0494. The number of carbonyl (C=O) groups excluding carboxylic acids is 2. The molecule has 0 fully saturated rings. The van der Waals surface area contributed by atoms with Crippen LogP contribution in [0.2, 0.25) is 0 Å². The molecule has 0 radical (unpaired) electrons. The van der Waals surface area contributed by atoms with Crippen molar-refractivity contribution in [3.05, 3.63) is 73.9 Å². The third-order valence-electron chi connectivity index (χ3n) is 3.35. The summed E-state index contributed by atoms with van der Waals surface area (Å²) >= 11 is 0. The fourth-order valence-electron chi connectivity index (χ4n) is 2.17. The molecule has 0 unspecified atom stereocenters. The standard InChI is InChI=1S/C20H25NO4/c1-4-10-18(24-13-5-2)20(23)21-17(15-25-19(22)6-3)14-16-11-8-7-9-12-16/h4-9,11-12,17-18H,1-3,10,13-15H2,(H,21,23)/t17-,18+/m0/s1. The molecule has 1 aromatic carbocycles. The first-order chi connectivity index (χ1) is 12.1. The molecule has 0 saturated carbocycles. The van der Waals surface area contributed by atoms with Crippen molar-refractivity contribution in [2.24, 2.45) is 0 Å². The van der Waals surface area contributed by atoms with Gasteiger partial charge in [-0.1, -0.05) is 49.1 Å². The van der Waals surface area contributed by atoms with E-state index in [1.807, 2.05) is 30.3 Å². The summed E-state index contributed by atoms with van der Waals surface area (Å²) in [6.07, 6.45) is 4.54. The molecule has 0 aliphatic carbocycles. The van der Waals surface area contributed by atoms with E-state index in [0.717, 1.165) is 11.6 Å². The van der Waals surface area contributed by atoms with E-state index in [1.54, 1.807) is 12.2 Å². The molecule has 0 saturated heterocycles. The van der Waals surface area contributed by atoms with E-state index < -0.39 is 12.1 Å². The smallest absolute Gasteiger partial charge is 0.330 e. The maximum atomic E-state index is 12.5. The minimum atomic E-state index is -0.663. The number of amides is 1. The summed E-state index contributed by atoms with van der Waals surface area (Å²) in [6.45, 7) is 10.9. The van der Waals surface area contributed by atoms with Crippen molar-refractivity contribution in [3.63, 3.8) is 0 Å². The molecule has 0 aromatic heterocycles. The van der Waals surface area contributed by atoms with Crippen LogP contribution in [0.1, 0.15) is 12.0 Å². The molecule has 5 nitrogen and oxygen atoms in total. The van der Waals surface area contributed by atoms with Gasteiger partial charge in [0, 0.05) is 12.5 Å². The van der Waals surface area contributed by atoms with Crippen LogP contribution in [-0.4, -0.2) is 37.2 Å². The Bertz CT molecular complexity index is 583. The zero-order chi connectivity index (χ0) is 18.5. The summed E-state index contributed by atoms with van der Waals surface area (Å²) in [5, 5.41) is 2.88. The second-order valence-corrected chi connectivity index (χ2v) is 5.36. The van der Waals surface area contributed by atoms with Crippen LogP contribution in [0.3, 0.4) is 0 Å². The Morgan fingerprint density at radius 2 is 1.84 bits per heavy atom. The molecule has 0 aliphatic rings. The van der Waals surface area contributed by atoms with Crippen molar-refractivity contribution in [1.29, 1.82) is 0 Å². The lowest BCUT2D eigenvalue weighted by molar-refractivity contribution is -0.140. The quantitative estimate of drug-likeness (QED) is 0.360. The lowest BCUT2D eigenvalue weighted by Crippen LogP contribution is -2.45. The van der Waals surface area contributed by atoms with Gasteiger partial charge in [0.15, 0.2) is 0 Å². The number of rotatable bonds is 12. The van der Waals surface area contributed by atoms with Gasteiger partial charge in [0.05, 0.1) is 12.6 Å². The highest BCUT2D eigenvalue weighted by Gasteiger charge is 2.22. The third-order valence-corrected chi connectivity index (χ3v) is 3.35. The van der Waals surface area contributed by atoms with E-state index in [1.165, 1.54) is 0 Å². The van der Waals surface area contributed by atoms with E-state index in [2.05, 4.69) is 25.1 Å². The Labute approximate surface area is 149 Å². The number of carbonyl (C=O) groups is 2. The van der Waals surface area contributed by atoms with Crippen LogP contribution in [-0.2, 0) is 25.5 Å². The first kappa shape index (κ1) is 20.4. The van der Waals surface area contributed by atoms with Gasteiger partial charge in [-0.2, -0.15) is 0 Å². The van der Waals surface area contributed by atoms with E-state index in [-0.39, 0.29) is 25.2 Å². The SMILES string of the molecule is C=CCO[C@H](CC=C)C(=O)N[C@H](COC(=O)C=C)Cc1ccccc1. The monoisotopic (exact) mass is 343 g/mol. The van der Waals surface area contributed by atoms with E-state index >= 15 is 0 Å². The molecule has 25 heavy (non-hydrogen) atoms. The van der Waals surface area contributed by atoms with Gasteiger partial charge in [-0.3, -0.25) is 4.79 Å². The highest BCUT2D eigenvalue weighted by Crippen LogP contribution is 2.07. The van der Waals surface area contributed by atoms with Crippen molar-refractivity contribution >= 4 is 11.9 Å². The van der Waals surface area contributed by atoms with Gasteiger partial charge in [0.2, 0.25) is 5.91 Å². The average molecular weight is 343 g/mol. The topological polar surface area (TPSA) is 64.6 Å². The summed E-state index contributed by atoms with van der Waals surface area (Å²) in [5.74, 6) is -0.810. The summed E-state index contributed by atoms with van der Waals surface area (Å²) in [6, 6.07) is 9.26. The molecule has 0 bridgehead atoms. The number of hydrogen-bond acceptors (Lipinski definition) is 4. The van der Waals surface area contributed by atoms with Crippen LogP contribution < -0.4 is 5.32 Å². The van der Waals surface area contributed by atoms with Crippen molar-refractivity contribution in [1.82, 2.24) is 5.32 Å². The number of ether oxygens (including phenoxy) is 2. The van der Waals surface area contributed by atoms with Crippen molar-refractivity contribution < 1.29 is 19.1 Å². The van der Waals surface area contributed by atoms with E-state index in [0.29, 0.717) is 12.8 Å². The number of nitrogens with one attached hydrogen (secondary N) is 1. The van der Waals surface area contributed by atoms with Crippen molar-refractivity contribution in [3.8, 4) is 0 Å². The Morgan fingerprint density at radius 1 is 1.12 bits per heavy atom. The molecular weight excluding hydrogens is 318 g/mol. The molecule has 1 amide bonds. The van der Waals surface area contributed by atoms with Gasteiger partial charge in [-0.05, 0) is 12.0 Å². The fourth-order valence-corrected chi connectivity index (χ4v) is 2.17. The fraction of sp³-hybridized carbons (Fsp3) is 0.300. The molecule has 1 rings (SSSR count). The van der Waals surface area contributed by atoms with Gasteiger partial charge in [-0.25, -0.2) is 4.79 Å². The van der Waals surface area contributed by atoms with Crippen LogP contribution in [0.4, 0.5) is 0 Å². The van der Waals surface area contributed by atoms with Crippen molar-refractivity contribution in [2.45, 2.75) is 25.0 Å². The number of hydrogen-bond donors (Lipinski definition) is 1. The zero-order valence-electron chi connectivity index (χ0n) is 14.4. The minimum Gasteiger partial charge on any atom is -0.460 e. The molecular formula is C20H25NO4. The van der Waals surface area contributed by atoms with Gasteiger partial charge >= 0.3 is 5.97 Å². The molecule has 0 heterocycles. The largest absolute Gasteiger partial charge is 0.460 e. The maximum Gasteiger partial charge on any atom is 0.330 e. The van der Waals surface area contributed by atoms with Crippen LogP contribution in [0.15, 0.2) is 68.3 Å². The second-order valence-electron chi connectivity index (χ2n) is 5.36. The first-order valence-electron chi connectivity index (χ1n) is 8.07. The normalized spacial score (nSPS) is 12.5. The van der Waals surface area contributed by atoms with E-state index in [4.69, 9.17) is 9.47 Å². The van der Waals surface area contributed by atoms with Crippen LogP contribution in [0, 0.1) is 0 Å². The summed E-state index contributed by atoms with van der Waals surface area (Å²) in [4.78, 5) is 23.8. The summed E-state index contributed by atoms with van der Waals surface area (Å²) in [7, 11) is 0. The van der Waals surface area contributed by atoms with E-state index in [9.17, 15) is 9.59 Å². The summed E-state index contributed by atoms with van der Waals surface area (Å²) < 4.78 is 10.6. The van der Waals surface area contributed by atoms with Crippen LogP contribution >= 0.6 is 0 Å². The van der Waals surface area contributed by atoms with Gasteiger partial charge in [-0.15, -0.1) is 13.2 Å². The molecule has 0 aliphatic heterocycles. The lowest BCUT2D eigenvalue weighted by atomic mass is 10.1. The molecule has 1 N–H and O–H groups in total. The molecule has 134 valence electrons. The zero-order valence-corrected chi connectivity index (χ0v) is 14.4. The predicted molar refractivity (Wildman–Crippen MR) is 98.0 cm³/mol. The molecule has 0 spiro atoms. The predicted octanol–water partition coefficient (Wildman–Crippen LogP) is 2.59. The van der Waals surface area contributed by atoms with Crippen molar-refractivity contribution in [2.75, 3.05) is 13.2 Å². The molecule has 5 heteroatoms. The van der Waals surface area contributed by atoms with Crippen LogP contribution in [0.25, 0.3) is 0 Å². The highest BCUT2D eigenvalue weighted by atomic mass is 16.5. The Balaban J connectivity index is 2.76. The lowest BCUT2D eigenvalue weighted by Gasteiger charge is -2.22. The summed E-state index contributed by atoms with van der Waals surface area (Å²) in [5.41, 5.74) is 1.02. The van der Waals surface area contributed by atoms with Gasteiger partial charge in [0.25, 0.3) is 0 Å². The molecule has 2 atom stereocenters. The van der Waals surface area contributed by atoms with Gasteiger partial charge in [0.1, 0.15) is 12.7 Å². The number of esters is 1. The Morgan fingerprint density at radius 3 is 2.44 bits per heavy atom. The highest BCUT2D eigenvalue weighted by molar-refractivity contribution is 5.82. The second kappa shape index (κ2) is 11.8. The first-order valence-corrected chi connectivity index (χ1v) is 8.07. The molecule has 1 aromatic rings. The average Bonchev–Trinajstić information content (AvgIpc) is 2.63. The Hall–Kier alpha value is -2.66. The number of benzene rings is 1. The third kappa shape index (κ3) is 8.13. The van der Waals surface area contributed by atoms with Gasteiger partial charge < -0.3 is 14.8 Å². The maximum absolute atomic E-state index is 12.5. The Kier molecular flexibility index (Phi) is 9.63.